The number of benzene rings is 3. The van der Waals surface area contributed by atoms with Crippen LogP contribution in [0.15, 0.2) is 70.0 Å². The molecule has 0 radical (unpaired) electrons. The molecular weight excluding hydrogens is 557 g/mol. The lowest BCUT2D eigenvalue weighted by molar-refractivity contribution is -0.123. The summed E-state index contributed by atoms with van der Waals surface area (Å²) in [6, 6.07) is 17.0. The van der Waals surface area contributed by atoms with Crippen LogP contribution < -0.4 is 9.47 Å². The smallest absolute Gasteiger partial charge is 0.293 e. The molecule has 0 bridgehead atoms. The van der Waals surface area contributed by atoms with Crippen molar-refractivity contribution in [2.24, 2.45) is 0 Å². The summed E-state index contributed by atoms with van der Waals surface area (Å²) in [6.07, 6.45) is 1.65. The van der Waals surface area contributed by atoms with Gasteiger partial charge in [-0.15, -0.1) is 0 Å². The van der Waals surface area contributed by atoms with Gasteiger partial charge in [0.25, 0.3) is 11.1 Å². The third-order valence-corrected chi connectivity index (χ3v) is 6.92. The van der Waals surface area contributed by atoms with Crippen molar-refractivity contribution in [1.82, 2.24) is 4.90 Å². The molecule has 0 aromatic heterocycles. The monoisotopic (exact) mass is 575 g/mol. The molecule has 1 saturated heterocycles. The van der Waals surface area contributed by atoms with E-state index in [1.54, 1.807) is 30.3 Å². The molecule has 1 fully saturated rings. The molecule has 1 aliphatic rings. The van der Waals surface area contributed by atoms with E-state index in [4.69, 9.17) is 21.1 Å². The minimum atomic E-state index is -0.453. The molecule has 3 aromatic carbocycles. The van der Waals surface area contributed by atoms with Gasteiger partial charge in [-0.1, -0.05) is 51.8 Å². The lowest BCUT2D eigenvalue weighted by Crippen LogP contribution is -2.27. The maximum absolute atomic E-state index is 14.1. The molecule has 3 aromatic rings. The summed E-state index contributed by atoms with van der Waals surface area (Å²) in [5.41, 5.74) is 1.77. The van der Waals surface area contributed by atoms with Gasteiger partial charge in [-0.3, -0.25) is 14.5 Å². The molecule has 180 valence electrons. The molecule has 35 heavy (non-hydrogen) atoms. The second-order valence-corrected chi connectivity index (χ2v) is 9.84. The molecule has 1 heterocycles. The number of thioether (sulfide) groups is 1. The standard InChI is InChI=1S/C26H20BrClFNO4S/c1-2-33-23-12-17(8-11-22(23)34-15-19-20(28)4-3-5-21(19)29)13-24-25(31)30(26(32)35-24)14-16-6-9-18(27)10-7-16/h3-13H,2,14-15H2,1H3/b24-13-. The van der Waals surface area contributed by atoms with Crippen molar-refractivity contribution in [3.8, 4) is 11.5 Å². The molecule has 0 saturated carbocycles. The van der Waals surface area contributed by atoms with Crippen molar-refractivity contribution in [2.75, 3.05) is 6.61 Å². The van der Waals surface area contributed by atoms with Gasteiger partial charge < -0.3 is 9.47 Å². The van der Waals surface area contributed by atoms with Crippen molar-refractivity contribution in [3.63, 3.8) is 0 Å². The fraction of sp³-hybridized carbons (Fsp3) is 0.154. The normalized spacial score (nSPS) is 14.6. The number of nitrogens with zero attached hydrogens (tertiary/aromatic N) is 1. The first kappa shape index (κ1) is 25.3. The molecule has 4 rings (SSSR count). The van der Waals surface area contributed by atoms with Crippen LogP contribution in [0.4, 0.5) is 9.18 Å². The van der Waals surface area contributed by atoms with Crippen molar-refractivity contribution in [1.29, 1.82) is 0 Å². The number of halogens is 3. The van der Waals surface area contributed by atoms with Gasteiger partial charge in [-0.2, -0.15) is 0 Å². The SMILES string of the molecule is CCOc1cc(/C=C2\SC(=O)N(Cc3ccc(Br)cc3)C2=O)ccc1OCc1c(F)cccc1Cl. The molecule has 0 aliphatic carbocycles. The van der Waals surface area contributed by atoms with Crippen LogP contribution in [0.2, 0.25) is 5.02 Å². The average Bonchev–Trinajstić information content (AvgIpc) is 3.08. The van der Waals surface area contributed by atoms with E-state index >= 15 is 0 Å². The first-order valence-electron chi connectivity index (χ1n) is 10.7. The molecule has 0 N–H and O–H groups in total. The first-order chi connectivity index (χ1) is 16.9. The fourth-order valence-electron chi connectivity index (χ4n) is 3.38. The maximum Gasteiger partial charge on any atom is 0.293 e. The van der Waals surface area contributed by atoms with Gasteiger partial charge in [-0.05, 0) is 72.3 Å². The van der Waals surface area contributed by atoms with Crippen LogP contribution in [-0.4, -0.2) is 22.7 Å². The molecule has 5 nitrogen and oxygen atoms in total. The third kappa shape index (κ3) is 6.07. The number of hydrogen-bond acceptors (Lipinski definition) is 5. The van der Waals surface area contributed by atoms with E-state index in [0.29, 0.717) is 28.6 Å². The van der Waals surface area contributed by atoms with Gasteiger partial charge >= 0.3 is 0 Å². The number of carbonyl (C=O) groups is 2. The molecule has 9 heteroatoms. The summed E-state index contributed by atoms with van der Waals surface area (Å²) in [5, 5.41) is -0.0469. The average molecular weight is 577 g/mol. The van der Waals surface area contributed by atoms with Crippen LogP contribution in [-0.2, 0) is 17.9 Å². The zero-order valence-corrected chi connectivity index (χ0v) is 21.8. The summed E-state index contributed by atoms with van der Waals surface area (Å²) >= 11 is 10.4. The number of carbonyl (C=O) groups excluding carboxylic acids is 2. The molecular formula is C26H20BrClFNO4S. The van der Waals surface area contributed by atoms with E-state index in [2.05, 4.69) is 15.9 Å². The van der Waals surface area contributed by atoms with E-state index in [1.807, 2.05) is 31.2 Å². The van der Waals surface area contributed by atoms with Crippen LogP contribution in [0.5, 0.6) is 11.5 Å². The van der Waals surface area contributed by atoms with Gasteiger partial charge in [0.15, 0.2) is 11.5 Å². The molecule has 0 unspecified atom stereocenters. The van der Waals surface area contributed by atoms with E-state index in [-0.39, 0.29) is 34.9 Å². The molecule has 0 atom stereocenters. The Hall–Kier alpha value is -2.81. The van der Waals surface area contributed by atoms with Crippen LogP contribution in [0, 0.1) is 5.82 Å². The van der Waals surface area contributed by atoms with E-state index in [9.17, 15) is 14.0 Å². The molecule has 2 amide bonds. The summed E-state index contributed by atoms with van der Waals surface area (Å²) in [6.45, 7) is 2.34. The van der Waals surface area contributed by atoms with Crippen molar-refractivity contribution in [2.45, 2.75) is 20.1 Å². The minimum Gasteiger partial charge on any atom is -0.490 e. The van der Waals surface area contributed by atoms with E-state index < -0.39 is 5.82 Å². The Morgan fingerprint density at radius 2 is 1.83 bits per heavy atom. The predicted molar refractivity (Wildman–Crippen MR) is 139 cm³/mol. The highest BCUT2D eigenvalue weighted by atomic mass is 79.9. The van der Waals surface area contributed by atoms with Crippen molar-refractivity contribution < 1.29 is 23.5 Å². The quantitative estimate of drug-likeness (QED) is 0.261. The fourth-order valence-corrected chi connectivity index (χ4v) is 4.70. The summed E-state index contributed by atoms with van der Waals surface area (Å²) < 4.78 is 26.5. The van der Waals surface area contributed by atoms with Crippen molar-refractivity contribution >= 4 is 56.5 Å². The van der Waals surface area contributed by atoms with Crippen LogP contribution in [0.3, 0.4) is 0 Å². The molecule has 0 spiro atoms. The van der Waals surface area contributed by atoms with Crippen LogP contribution >= 0.6 is 39.3 Å². The highest BCUT2D eigenvalue weighted by molar-refractivity contribution is 9.10. The Labute approximate surface area is 220 Å². The summed E-state index contributed by atoms with van der Waals surface area (Å²) in [4.78, 5) is 26.9. The van der Waals surface area contributed by atoms with Crippen LogP contribution in [0.1, 0.15) is 23.6 Å². The lowest BCUT2D eigenvalue weighted by Gasteiger charge is -2.14. The Bertz CT molecular complexity index is 1280. The highest BCUT2D eigenvalue weighted by Crippen LogP contribution is 2.36. The third-order valence-electron chi connectivity index (χ3n) is 5.13. The topological polar surface area (TPSA) is 55.8 Å². The minimum absolute atomic E-state index is 0.0696. The van der Waals surface area contributed by atoms with E-state index in [0.717, 1.165) is 21.8 Å². The summed E-state index contributed by atoms with van der Waals surface area (Å²) in [7, 11) is 0. The highest BCUT2D eigenvalue weighted by Gasteiger charge is 2.35. The molecule has 1 aliphatic heterocycles. The largest absolute Gasteiger partial charge is 0.490 e. The number of amides is 2. The predicted octanol–water partition coefficient (Wildman–Crippen LogP) is 7.46. The number of rotatable bonds is 8. The Kier molecular flexibility index (Phi) is 8.15. The lowest BCUT2D eigenvalue weighted by atomic mass is 10.1. The summed E-state index contributed by atoms with van der Waals surface area (Å²) in [5.74, 6) is 0.0378. The van der Waals surface area contributed by atoms with Gasteiger partial charge in [0.05, 0.1) is 23.1 Å². The first-order valence-corrected chi connectivity index (χ1v) is 12.7. The van der Waals surface area contributed by atoms with Crippen LogP contribution in [0.25, 0.3) is 6.08 Å². The van der Waals surface area contributed by atoms with Gasteiger partial charge in [-0.25, -0.2) is 4.39 Å². The Morgan fingerprint density at radius 3 is 2.54 bits per heavy atom. The second kappa shape index (κ2) is 11.3. The number of imide groups is 1. The van der Waals surface area contributed by atoms with Gasteiger partial charge in [0.2, 0.25) is 0 Å². The van der Waals surface area contributed by atoms with E-state index in [1.165, 1.54) is 17.0 Å². The number of hydrogen-bond donors (Lipinski definition) is 0. The zero-order valence-electron chi connectivity index (χ0n) is 18.6. The number of ether oxygens (including phenoxy) is 2. The zero-order chi connectivity index (χ0) is 24.9. The Morgan fingerprint density at radius 1 is 1.06 bits per heavy atom. The van der Waals surface area contributed by atoms with Crippen molar-refractivity contribution in [3.05, 3.63) is 97.6 Å². The van der Waals surface area contributed by atoms with Gasteiger partial charge in [0.1, 0.15) is 12.4 Å². The Balaban J connectivity index is 1.52. The van der Waals surface area contributed by atoms with Gasteiger partial charge in [0, 0.05) is 10.0 Å². The second-order valence-electron chi connectivity index (χ2n) is 7.52. The maximum atomic E-state index is 14.1.